The Labute approximate surface area is 188 Å². The molecule has 1 aliphatic heterocycles. The monoisotopic (exact) mass is 442 g/mol. The van der Waals surface area contributed by atoms with Crippen LogP contribution in [0.3, 0.4) is 0 Å². The molecule has 8 heteroatoms. The summed E-state index contributed by atoms with van der Waals surface area (Å²) in [5.74, 6) is -0.603. The minimum Gasteiger partial charge on any atom is -0.337 e. The summed E-state index contributed by atoms with van der Waals surface area (Å²) in [5, 5.41) is 6.75. The number of carbonyl (C=O) groups is 2. The fraction of sp³-hybridized carbons (Fsp3) is 0.120. The van der Waals surface area contributed by atoms with E-state index in [2.05, 4.69) is 15.5 Å². The zero-order valence-electron chi connectivity index (χ0n) is 17.7. The molecule has 0 radical (unpaired) electrons. The summed E-state index contributed by atoms with van der Waals surface area (Å²) in [6.07, 6.45) is 0. The van der Waals surface area contributed by atoms with Crippen LogP contribution in [0.5, 0.6) is 0 Å². The number of nitrogens with one attached hydrogen (secondary N) is 1. The van der Waals surface area contributed by atoms with Crippen LogP contribution in [0, 0.1) is 12.7 Å². The van der Waals surface area contributed by atoms with Crippen LogP contribution in [0.2, 0.25) is 0 Å². The number of nitrogens with zero attached hydrogens (tertiary/aromatic N) is 3. The number of amides is 3. The molecule has 33 heavy (non-hydrogen) atoms. The maximum Gasteiger partial charge on any atom is 0.326 e. The van der Waals surface area contributed by atoms with E-state index in [-0.39, 0.29) is 24.1 Å². The van der Waals surface area contributed by atoms with Gasteiger partial charge in [-0.05, 0) is 29.7 Å². The van der Waals surface area contributed by atoms with Gasteiger partial charge in [-0.3, -0.25) is 9.69 Å². The quantitative estimate of drug-likeness (QED) is 0.469. The lowest BCUT2D eigenvalue weighted by Crippen LogP contribution is -2.45. The molecule has 3 amide bonds. The molecule has 5 rings (SSSR count). The van der Waals surface area contributed by atoms with E-state index in [0.29, 0.717) is 22.3 Å². The number of rotatable bonds is 5. The fourth-order valence-corrected chi connectivity index (χ4v) is 3.96. The van der Waals surface area contributed by atoms with Crippen LogP contribution in [0.4, 0.5) is 9.18 Å². The minimum absolute atomic E-state index is 0.0615. The number of aryl methyl sites for hydroxylation is 1. The molecule has 4 aromatic rings. The van der Waals surface area contributed by atoms with E-state index >= 15 is 0 Å². The number of hydrogen-bond acceptors (Lipinski definition) is 5. The molecule has 164 valence electrons. The van der Waals surface area contributed by atoms with Crippen molar-refractivity contribution in [2.24, 2.45) is 0 Å². The molecule has 0 saturated carbocycles. The molecule has 1 fully saturated rings. The van der Waals surface area contributed by atoms with Gasteiger partial charge in [0.2, 0.25) is 11.7 Å². The predicted molar refractivity (Wildman–Crippen MR) is 117 cm³/mol. The van der Waals surface area contributed by atoms with Gasteiger partial charge in [-0.2, -0.15) is 4.98 Å². The first-order chi connectivity index (χ1) is 16.0. The fourth-order valence-electron chi connectivity index (χ4n) is 3.96. The van der Waals surface area contributed by atoms with E-state index < -0.39 is 17.5 Å². The molecular weight excluding hydrogens is 423 g/mol. The Bertz CT molecular complexity index is 1300. The number of hydrogen-bond donors (Lipinski definition) is 1. The van der Waals surface area contributed by atoms with Crippen LogP contribution in [0.25, 0.3) is 11.4 Å². The molecule has 1 aromatic heterocycles. The van der Waals surface area contributed by atoms with Crippen molar-refractivity contribution in [3.8, 4) is 11.4 Å². The smallest absolute Gasteiger partial charge is 0.326 e. The Morgan fingerprint density at radius 3 is 2.21 bits per heavy atom. The van der Waals surface area contributed by atoms with E-state index in [4.69, 9.17) is 4.52 Å². The van der Waals surface area contributed by atoms with Gasteiger partial charge in [0.25, 0.3) is 5.91 Å². The summed E-state index contributed by atoms with van der Waals surface area (Å²) < 4.78 is 19.2. The molecule has 1 aliphatic rings. The van der Waals surface area contributed by atoms with Crippen molar-refractivity contribution >= 4 is 11.9 Å². The maximum atomic E-state index is 13.9. The number of imide groups is 1. The molecule has 1 N–H and O–H groups in total. The molecule has 0 spiro atoms. The Hall–Kier alpha value is -4.33. The normalized spacial score (nSPS) is 15.0. The van der Waals surface area contributed by atoms with Crippen molar-refractivity contribution < 1.29 is 18.5 Å². The van der Waals surface area contributed by atoms with Crippen molar-refractivity contribution in [1.82, 2.24) is 20.4 Å². The summed E-state index contributed by atoms with van der Waals surface area (Å²) in [5.41, 5.74) is 0.840. The third-order valence-corrected chi connectivity index (χ3v) is 5.71. The van der Waals surface area contributed by atoms with Crippen LogP contribution >= 0.6 is 0 Å². The first-order valence-electron chi connectivity index (χ1n) is 10.3. The molecule has 7 nitrogen and oxygen atoms in total. The van der Waals surface area contributed by atoms with Gasteiger partial charge in [-0.1, -0.05) is 78.0 Å². The van der Waals surface area contributed by atoms with E-state index in [1.807, 2.05) is 36.4 Å². The predicted octanol–water partition coefficient (Wildman–Crippen LogP) is 4.18. The summed E-state index contributed by atoms with van der Waals surface area (Å²) in [4.78, 5) is 32.0. The second kappa shape index (κ2) is 7.98. The number of urea groups is 1. The number of aromatic nitrogens is 2. The second-order valence-corrected chi connectivity index (χ2v) is 7.78. The van der Waals surface area contributed by atoms with E-state index in [9.17, 15) is 14.0 Å². The van der Waals surface area contributed by atoms with Gasteiger partial charge in [0, 0.05) is 5.56 Å². The van der Waals surface area contributed by atoms with Gasteiger partial charge >= 0.3 is 6.03 Å². The Kier molecular flexibility index (Phi) is 4.97. The van der Waals surface area contributed by atoms with Gasteiger partial charge in [-0.15, -0.1) is 0 Å². The highest BCUT2D eigenvalue weighted by atomic mass is 19.1. The van der Waals surface area contributed by atoms with Crippen LogP contribution in [0.1, 0.15) is 22.6 Å². The van der Waals surface area contributed by atoms with Crippen molar-refractivity contribution in [2.45, 2.75) is 19.0 Å². The molecule has 0 atom stereocenters. The number of carbonyl (C=O) groups excluding carboxylic acids is 2. The van der Waals surface area contributed by atoms with Gasteiger partial charge in [0.05, 0.1) is 0 Å². The SMILES string of the molecule is Cc1ccc(-c2noc(CN3C(=O)NC(c4ccccc4)(c4ccccc4)C3=O)n2)cc1F. The molecule has 0 bridgehead atoms. The Morgan fingerprint density at radius 1 is 0.970 bits per heavy atom. The largest absolute Gasteiger partial charge is 0.337 e. The maximum absolute atomic E-state index is 13.9. The summed E-state index contributed by atoms with van der Waals surface area (Å²) in [6, 6.07) is 22.2. The summed E-state index contributed by atoms with van der Waals surface area (Å²) >= 11 is 0. The molecule has 1 saturated heterocycles. The zero-order valence-corrected chi connectivity index (χ0v) is 17.7. The Morgan fingerprint density at radius 2 is 1.61 bits per heavy atom. The lowest BCUT2D eigenvalue weighted by atomic mass is 9.82. The lowest BCUT2D eigenvalue weighted by molar-refractivity contribution is -0.130. The molecule has 0 aliphatic carbocycles. The van der Waals surface area contributed by atoms with Crippen LogP contribution in [-0.2, 0) is 16.9 Å². The highest BCUT2D eigenvalue weighted by Gasteiger charge is 2.54. The third-order valence-electron chi connectivity index (χ3n) is 5.71. The highest BCUT2D eigenvalue weighted by molar-refractivity contribution is 6.09. The molecule has 2 heterocycles. The van der Waals surface area contributed by atoms with Gasteiger partial charge < -0.3 is 9.84 Å². The minimum atomic E-state index is -1.37. The average Bonchev–Trinajstić information content (AvgIpc) is 3.41. The second-order valence-electron chi connectivity index (χ2n) is 7.78. The van der Waals surface area contributed by atoms with Crippen LogP contribution in [-0.4, -0.2) is 27.0 Å². The van der Waals surface area contributed by atoms with Crippen LogP contribution in [0.15, 0.2) is 83.4 Å². The molecule has 3 aromatic carbocycles. The molecule has 0 unspecified atom stereocenters. The van der Waals surface area contributed by atoms with Crippen molar-refractivity contribution in [2.75, 3.05) is 0 Å². The van der Waals surface area contributed by atoms with Crippen molar-refractivity contribution in [3.05, 3.63) is 107 Å². The summed E-state index contributed by atoms with van der Waals surface area (Å²) in [7, 11) is 0. The summed E-state index contributed by atoms with van der Waals surface area (Å²) in [6.45, 7) is 1.44. The van der Waals surface area contributed by atoms with E-state index in [1.54, 1.807) is 43.3 Å². The highest BCUT2D eigenvalue weighted by Crippen LogP contribution is 2.36. The average molecular weight is 442 g/mol. The van der Waals surface area contributed by atoms with Crippen molar-refractivity contribution in [3.63, 3.8) is 0 Å². The van der Waals surface area contributed by atoms with Crippen molar-refractivity contribution in [1.29, 1.82) is 0 Å². The first kappa shape index (κ1) is 20.6. The topological polar surface area (TPSA) is 88.3 Å². The zero-order chi connectivity index (χ0) is 23.0. The van der Waals surface area contributed by atoms with E-state index in [1.165, 1.54) is 6.07 Å². The van der Waals surface area contributed by atoms with Gasteiger partial charge in [0.15, 0.2) is 5.54 Å². The van der Waals surface area contributed by atoms with Gasteiger partial charge in [0.1, 0.15) is 12.4 Å². The first-order valence-corrected chi connectivity index (χ1v) is 10.3. The number of halogens is 1. The Balaban J connectivity index is 1.48. The lowest BCUT2D eigenvalue weighted by Gasteiger charge is -2.27. The number of benzene rings is 3. The third kappa shape index (κ3) is 3.45. The standard InChI is InChI=1S/C25H19FN4O3/c1-16-12-13-17(14-20(16)26)22-27-21(33-29-22)15-30-23(31)25(28-24(30)32,18-8-4-2-5-9-18)19-10-6-3-7-11-19/h2-14H,15H2,1H3,(H,28,32). The molecular formula is C25H19FN4O3. The van der Waals surface area contributed by atoms with E-state index in [0.717, 1.165) is 4.90 Å². The van der Waals surface area contributed by atoms with Gasteiger partial charge in [-0.25, -0.2) is 9.18 Å². The van der Waals surface area contributed by atoms with Crippen LogP contribution < -0.4 is 5.32 Å².